The topological polar surface area (TPSA) is 164 Å². The standard InChI is InChI=1S/C40H41N5O9/c46-25-27-6-8-29(9-7-27)36-22-34(24-42-18-20-43(21-19-42)31-14-16-33(17-15-31)45(50)51)53-39(54-36)30-10-12-32(13-11-30)44-37(47)23-35(38(44)48)41-40(49)52-26-28-4-2-1-3-5-28/h1-17,34-36,39,46H,18-26H2,(H,41,49)/t34-,35?,36+,39+/m1/s1. The third-order valence-corrected chi connectivity index (χ3v) is 9.95. The molecular formula is C40H41N5O9. The Bertz CT molecular complexity index is 1940. The highest BCUT2D eigenvalue weighted by atomic mass is 16.7. The maximum atomic E-state index is 13.3. The van der Waals surface area contributed by atoms with E-state index in [1.165, 1.54) is 12.1 Å². The lowest BCUT2D eigenvalue weighted by Crippen LogP contribution is -2.49. The number of nitro groups is 1. The fraction of sp³-hybridized carbons (Fsp3) is 0.325. The summed E-state index contributed by atoms with van der Waals surface area (Å²) in [6, 6.07) is 29.3. The number of piperazine rings is 1. The highest BCUT2D eigenvalue weighted by Crippen LogP contribution is 2.39. The molecule has 14 heteroatoms. The average Bonchev–Trinajstić information content (AvgIpc) is 3.48. The first-order valence-corrected chi connectivity index (χ1v) is 17.9. The summed E-state index contributed by atoms with van der Waals surface area (Å²) in [5.74, 6) is -0.985. The van der Waals surface area contributed by atoms with Gasteiger partial charge in [-0.3, -0.25) is 24.6 Å². The predicted molar refractivity (Wildman–Crippen MR) is 197 cm³/mol. The lowest BCUT2D eigenvalue weighted by atomic mass is 9.99. The molecule has 0 aromatic heterocycles. The van der Waals surface area contributed by atoms with Crippen molar-refractivity contribution in [1.82, 2.24) is 10.2 Å². The summed E-state index contributed by atoms with van der Waals surface area (Å²) in [5.41, 5.74) is 4.64. The molecule has 54 heavy (non-hydrogen) atoms. The molecule has 14 nitrogen and oxygen atoms in total. The Morgan fingerprint density at radius 2 is 1.50 bits per heavy atom. The van der Waals surface area contributed by atoms with E-state index in [1.54, 1.807) is 36.4 Å². The number of anilines is 2. The van der Waals surface area contributed by atoms with Crippen LogP contribution in [0.5, 0.6) is 0 Å². The first-order chi connectivity index (χ1) is 26.2. The number of imide groups is 1. The number of non-ortho nitro benzene ring substituents is 1. The van der Waals surface area contributed by atoms with Crippen LogP contribution < -0.4 is 15.1 Å². The van der Waals surface area contributed by atoms with Crippen molar-refractivity contribution in [1.29, 1.82) is 0 Å². The number of amides is 3. The fourth-order valence-electron chi connectivity index (χ4n) is 7.00. The van der Waals surface area contributed by atoms with Gasteiger partial charge in [0.15, 0.2) is 6.29 Å². The van der Waals surface area contributed by atoms with Crippen LogP contribution in [0.4, 0.5) is 21.9 Å². The van der Waals surface area contributed by atoms with Crippen molar-refractivity contribution < 1.29 is 38.6 Å². The maximum absolute atomic E-state index is 13.3. The van der Waals surface area contributed by atoms with E-state index in [0.717, 1.165) is 53.5 Å². The molecule has 3 heterocycles. The van der Waals surface area contributed by atoms with E-state index in [9.17, 15) is 29.6 Å². The molecule has 7 rings (SSSR count). The van der Waals surface area contributed by atoms with Crippen molar-refractivity contribution in [3.05, 3.63) is 135 Å². The second-order valence-corrected chi connectivity index (χ2v) is 13.5. The Kier molecular flexibility index (Phi) is 11.2. The molecule has 0 spiro atoms. The average molecular weight is 736 g/mol. The molecule has 0 aliphatic carbocycles. The second kappa shape index (κ2) is 16.6. The number of hydrogen-bond acceptors (Lipinski definition) is 11. The van der Waals surface area contributed by atoms with Gasteiger partial charge in [0.05, 0.1) is 35.8 Å². The molecule has 0 bridgehead atoms. The first-order valence-electron chi connectivity index (χ1n) is 17.9. The van der Waals surface area contributed by atoms with Crippen molar-refractivity contribution in [3.8, 4) is 0 Å². The zero-order valence-corrected chi connectivity index (χ0v) is 29.5. The molecule has 2 N–H and O–H groups in total. The molecule has 3 saturated heterocycles. The summed E-state index contributed by atoms with van der Waals surface area (Å²) in [6.07, 6.45) is -1.58. The third kappa shape index (κ3) is 8.58. The molecule has 0 saturated carbocycles. The molecular weight excluding hydrogens is 694 g/mol. The molecule has 280 valence electrons. The summed E-state index contributed by atoms with van der Waals surface area (Å²) in [7, 11) is 0. The smallest absolute Gasteiger partial charge is 0.408 e. The number of alkyl carbamates (subject to hydrolysis) is 1. The number of ether oxygens (including phenoxy) is 3. The number of aliphatic hydroxyl groups is 1. The van der Waals surface area contributed by atoms with E-state index in [1.807, 2.05) is 54.6 Å². The van der Waals surface area contributed by atoms with E-state index in [4.69, 9.17) is 14.2 Å². The van der Waals surface area contributed by atoms with Gasteiger partial charge in [-0.25, -0.2) is 9.69 Å². The summed E-state index contributed by atoms with van der Waals surface area (Å²) in [6.45, 7) is 3.73. The number of benzene rings is 4. The molecule has 1 unspecified atom stereocenters. The van der Waals surface area contributed by atoms with Crippen molar-refractivity contribution in [2.45, 2.75) is 50.6 Å². The van der Waals surface area contributed by atoms with E-state index < -0.39 is 35.2 Å². The van der Waals surface area contributed by atoms with E-state index in [2.05, 4.69) is 15.1 Å². The van der Waals surface area contributed by atoms with Crippen LogP contribution in [0, 0.1) is 10.1 Å². The normalized spacial score (nSPS) is 21.9. The molecule has 3 fully saturated rings. The Balaban J connectivity index is 0.996. The minimum atomic E-state index is -1.04. The van der Waals surface area contributed by atoms with E-state index in [-0.39, 0.29) is 37.5 Å². The fourth-order valence-corrected chi connectivity index (χ4v) is 7.00. The highest BCUT2D eigenvalue weighted by molar-refractivity contribution is 6.22. The van der Waals surface area contributed by atoms with Crippen LogP contribution in [-0.4, -0.2) is 77.7 Å². The van der Waals surface area contributed by atoms with Crippen LogP contribution in [0.15, 0.2) is 103 Å². The number of nitrogens with one attached hydrogen (secondary N) is 1. The lowest BCUT2D eigenvalue weighted by Gasteiger charge is -2.41. The van der Waals surface area contributed by atoms with Crippen LogP contribution in [0.1, 0.15) is 47.5 Å². The number of aliphatic hydroxyl groups excluding tert-OH is 1. The Hall–Kier alpha value is -5.67. The first kappa shape index (κ1) is 36.7. The summed E-state index contributed by atoms with van der Waals surface area (Å²) in [5, 5.41) is 23.2. The highest BCUT2D eigenvalue weighted by Gasteiger charge is 2.41. The number of carbonyl (C=O) groups is 3. The molecule has 4 aromatic rings. The van der Waals surface area contributed by atoms with Gasteiger partial charge in [0, 0.05) is 62.5 Å². The van der Waals surface area contributed by atoms with Crippen LogP contribution in [0.2, 0.25) is 0 Å². The maximum Gasteiger partial charge on any atom is 0.408 e. The van der Waals surface area contributed by atoms with Crippen molar-refractivity contribution in [3.63, 3.8) is 0 Å². The van der Waals surface area contributed by atoms with Crippen LogP contribution >= 0.6 is 0 Å². The zero-order chi connectivity index (χ0) is 37.6. The van der Waals surface area contributed by atoms with E-state index in [0.29, 0.717) is 24.2 Å². The minimum absolute atomic E-state index is 0.0363. The van der Waals surface area contributed by atoms with Gasteiger partial charge in [0.25, 0.3) is 11.6 Å². The summed E-state index contributed by atoms with van der Waals surface area (Å²) in [4.78, 5) is 55.0. The quantitative estimate of drug-likeness (QED) is 0.121. The Labute approximate surface area is 312 Å². The zero-order valence-electron chi connectivity index (χ0n) is 29.5. The SMILES string of the molecule is O=C(NC1CC(=O)N(c2ccc([C@H]3O[C@@H](CN4CCN(c5ccc([N+](=O)[O-])cc5)CC4)C[C@@H](c4ccc(CO)cc4)O3)cc2)C1=O)OCc1ccccc1. The number of carbonyl (C=O) groups excluding carboxylic acids is 3. The number of nitro benzene ring substituents is 1. The van der Waals surface area contributed by atoms with Crippen LogP contribution in [0.25, 0.3) is 0 Å². The van der Waals surface area contributed by atoms with Gasteiger partial charge in [-0.1, -0.05) is 66.7 Å². The number of nitrogens with zero attached hydrogens (tertiary/aromatic N) is 4. The lowest BCUT2D eigenvalue weighted by molar-refractivity contribution is -0.384. The summed E-state index contributed by atoms with van der Waals surface area (Å²) >= 11 is 0. The van der Waals surface area contributed by atoms with E-state index >= 15 is 0 Å². The Morgan fingerprint density at radius 1 is 0.833 bits per heavy atom. The molecule has 4 atom stereocenters. The van der Waals surface area contributed by atoms with Crippen molar-refractivity contribution in [2.24, 2.45) is 0 Å². The van der Waals surface area contributed by atoms with Crippen molar-refractivity contribution in [2.75, 3.05) is 42.5 Å². The minimum Gasteiger partial charge on any atom is -0.445 e. The van der Waals surface area contributed by atoms with Gasteiger partial charge in [-0.2, -0.15) is 0 Å². The van der Waals surface area contributed by atoms with Gasteiger partial charge in [-0.15, -0.1) is 0 Å². The third-order valence-electron chi connectivity index (χ3n) is 9.95. The predicted octanol–water partition coefficient (Wildman–Crippen LogP) is 5.01. The molecule has 3 amide bonds. The molecule has 3 aliphatic rings. The van der Waals surface area contributed by atoms with Gasteiger partial charge < -0.3 is 29.5 Å². The monoisotopic (exact) mass is 735 g/mol. The summed E-state index contributed by atoms with van der Waals surface area (Å²) < 4.78 is 18.3. The van der Waals surface area contributed by atoms with Gasteiger partial charge in [-0.05, 0) is 41.0 Å². The van der Waals surface area contributed by atoms with Gasteiger partial charge >= 0.3 is 6.09 Å². The molecule has 4 aromatic carbocycles. The largest absolute Gasteiger partial charge is 0.445 e. The van der Waals surface area contributed by atoms with Gasteiger partial charge in [0.1, 0.15) is 12.6 Å². The van der Waals surface area contributed by atoms with Crippen molar-refractivity contribution >= 4 is 35.0 Å². The Morgan fingerprint density at radius 3 is 2.17 bits per heavy atom. The molecule has 0 radical (unpaired) electrons. The van der Waals surface area contributed by atoms with Crippen LogP contribution in [-0.2, 0) is 37.0 Å². The second-order valence-electron chi connectivity index (χ2n) is 13.5. The van der Waals surface area contributed by atoms with Gasteiger partial charge in [0.2, 0.25) is 5.91 Å². The molecule has 3 aliphatic heterocycles. The van der Waals surface area contributed by atoms with Crippen LogP contribution in [0.3, 0.4) is 0 Å². The number of hydrogen-bond donors (Lipinski definition) is 2. The number of rotatable bonds is 11.